The summed E-state index contributed by atoms with van der Waals surface area (Å²) in [4.78, 5) is 0. The van der Waals surface area contributed by atoms with Crippen LogP contribution >= 0.6 is 0 Å². The molecule has 0 amide bonds. The van der Waals surface area contributed by atoms with Crippen LogP contribution in [-0.2, 0) is 0 Å². The van der Waals surface area contributed by atoms with Crippen LogP contribution in [0.4, 0.5) is 0 Å². The summed E-state index contributed by atoms with van der Waals surface area (Å²) in [5.41, 5.74) is 13.6. The Morgan fingerprint density at radius 2 is 1.36 bits per heavy atom. The summed E-state index contributed by atoms with van der Waals surface area (Å²) in [6.45, 7) is 9.62. The van der Waals surface area contributed by atoms with Gasteiger partial charge in [-0.15, -0.1) is 0 Å². The standard InChI is InChI=1S/C21H38N2O2/c1-19(2)9-21(17-11(19)5-6-15(24)18(17)23)10-20(3,4)12-7-14(22)16(25)8-13(12)21/h11-18,24-25H,5-10,22-23H2,1-4H3. The van der Waals surface area contributed by atoms with E-state index in [1.165, 1.54) is 12.8 Å². The molecule has 0 saturated heterocycles. The SMILES string of the molecule is CC1(C)CC2(CC(C)(C)C3CCC(O)C(N)C32)C2CC(O)C(N)CC21. The van der Waals surface area contributed by atoms with Gasteiger partial charge in [-0.2, -0.15) is 0 Å². The molecule has 25 heavy (non-hydrogen) atoms. The fraction of sp³-hybridized carbons (Fsp3) is 1.00. The van der Waals surface area contributed by atoms with E-state index in [0.717, 1.165) is 25.7 Å². The summed E-state index contributed by atoms with van der Waals surface area (Å²) in [6, 6.07) is -0.214. The topological polar surface area (TPSA) is 92.5 Å². The predicted molar refractivity (Wildman–Crippen MR) is 99.6 cm³/mol. The van der Waals surface area contributed by atoms with Gasteiger partial charge in [-0.05, 0) is 78.4 Å². The third-order valence-electron chi connectivity index (χ3n) is 9.05. The third kappa shape index (κ3) is 2.40. The second kappa shape index (κ2) is 5.43. The molecule has 4 fully saturated rings. The van der Waals surface area contributed by atoms with Gasteiger partial charge in [-0.25, -0.2) is 0 Å². The molecule has 9 unspecified atom stereocenters. The van der Waals surface area contributed by atoms with Crippen LogP contribution in [0.2, 0.25) is 0 Å². The molecule has 0 heterocycles. The predicted octanol–water partition coefficient (Wildman–Crippen LogP) is 2.26. The molecule has 0 radical (unpaired) electrons. The van der Waals surface area contributed by atoms with Crippen molar-refractivity contribution >= 4 is 0 Å². The molecule has 4 heteroatoms. The number of nitrogens with two attached hydrogens (primary N) is 2. The van der Waals surface area contributed by atoms with Crippen molar-refractivity contribution in [3.05, 3.63) is 0 Å². The number of aliphatic hydroxyl groups excluding tert-OH is 2. The van der Waals surface area contributed by atoms with Crippen molar-refractivity contribution in [2.45, 2.75) is 90.5 Å². The molecule has 4 saturated carbocycles. The number of aliphatic hydroxyl groups is 2. The van der Waals surface area contributed by atoms with Gasteiger partial charge in [0.05, 0.1) is 12.2 Å². The molecular weight excluding hydrogens is 312 g/mol. The van der Waals surface area contributed by atoms with Gasteiger partial charge < -0.3 is 21.7 Å². The average molecular weight is 351 g/mol. The van der Waals surface area contributed by atoms with Gasteiger partial charge in [0.15, 0.2) is 0 Å². The number of hydrogen-bond acceptors (Lipinski definition) is 4. The van der Waals surface area contributed by atoms with Crippen LogP contribution in [0.3, 0.4) is 0 Å². The van der Waals surface area contributed by atoms with Crippen molar-refractivity contribution in [1.82, 2.24) is 0 Å². The maximum absolute atomic E-state index is 10.6. The van der Waals surface area contributed by atoms with E-state index in [1.807, 2.05) is 0 Å². The van der Waals surface area contributed by atoms with Crippen molar-refractivity contribution in [2.75, 3.05) is 0 Å². The summed E-state index contributed by atoms with van der Waals surface area (Å²) in [6.07, 6.45) is 5.26. The molecule has 0 bridgehead atoms. The first-order valence-corrected chi connectivity index (χ1v) is 10.4. The van der Waals surface area contributed by atoms with Crippen molar-refractivity contribution < 1.29 is 10.2 Å². The molecule has 4 rings (SSSR count). The highest BCUT2D eigenvalue weighted by atomic mass is 16.3. The monoisotopic (exact) mass is 350 g/mol. The molecule has 0 aromatic rings. The van der Waals surface area contributed by atoms with E-state index in [1.54, 1.807) is 0 Å². The van der Waals surface area contributed by atoms with Gasteiger partial charge in [-0.3, -0.25) is 0 Å². The van der Waals surface area contributed by atoms with Crippen molar-refractivity contribution in [2.24, 2.45) is 51.4 Å². The van der Waals surface area contributed by atoms with Crippen LogP contribution in [0.15, 0.2) is 0 Å². The first-order valence-electron chi connectivity index (χ1n) is 10.4. The maximum Gasteiger partial charge on any atom is 0.0694 e. The molecule has 4 aliphatic rings. The van der Waals surface area contributed by atoms with E-state index in [-0.39, 0.29) is 40.5 Å². The zero-order valence-electron chi connectivity index (χ0n) is 16.4. The summed E-state index contributed by atoms with van der Waals surface area (Å²) in [5.74, 6) is 2.02. The lowest BCUT2D eigenvalue weighted by molar-refractivity contribution is -0.0410. The quantitative estimate of drug-likeness (QED) is 0.539. The summed E-state index contributed by atoms with van der Waals surface area (Å²) >= 11 is 0. The molecule has 0 aliphatic heterocycles. The highest BCUT2D eigenvalue weighted by Crippen LogP contribution is 2.74. The van der Waals surface area contributed by atoms with Gasteiger partial charge in [0.2, 0.25) is 0 Å². The Labute approximate surface area is 152 Å². The first-order chi connectivity index (χ1) is 11.5. The smallest absolute Gasteiger partial charge is 0.0694 e. The highest BCUT2D eigenvalue weighted by Gasteiger charge is 2.69. The molecule has 1 spiro atoms. The lowest BCUT2D eigenvalue weighted by atomic mass is 9.58. The van der Waals surface area contributed by atoms with Crippen LogP contribution in [0.5, 0.6) is 0 Å². The third-order valence-corrected chi connectivity index (χ3v) is 9.05. The minimum Gasteiger partial charge on any atom is -0.392 e. The van der Waals surface area contributed by atoms with Crippen molar-refractivity contribution in [3.63, 3.8) is 0 Å². The molecule has 6 N–H and O–H groups in total. The molecule has 4 nitrogen and oxygen atoms in total. The van der Waals surface area contributed by atoms with Gasteiger partial charge in [0.25, 0.3) is 0 Å². The van der Waals surface area contributed by atoms with Gasteiger partial charge in [0.1, 0.15) is 0 Å². The van der Waals surface area contributed by atoms with Crippen LogP contribution in [0.1, 0.15) is 66.2 Å². The van der Waals surface area contributed by atoms with Crippen LogP contribution in [0, 0.1) is 39.9 Å². The molecule has 144 valence electrons. The van der Waals surface area contributed by atoms with Gasteiger partial charge >= 0.3 is 0 Å². The van der Waals surface area contributed by atoms with E-state index in [9.17, 15) is 10.2 Å². The van der Waals surface area contributed by atoms with Gasteiger partial charge in [-0.1, -0.05) is 27.7 Å². The van der Waals surface area contributed by atoms with Crippen LogP contribution in [0.25, 0.3) is 0 Å². The Bertz CT molecular complexity index is 548. The Kier molecular flexibility index (Phi) is 3.96. The van der Waals surface area contributed by atoms with Crippen molar-refractivity contribution in [1.29, 1.82) is 0 Å². The molecular formula is C21H38N2O2. The Balaban J connectivity index is 1.79. The Morgan fingerprint density at radius 1 is 0.760 bits per heavy atom. The summed E-state index contributed by atoms with van der Waals surface area (Å²) < 4.78 is 0. The lowest BCUT2D eigenvalue weighted by Crippen LogP contribution is -2.55. The molecule has 4 aliphatic carbocycles. The zero-order chi connectivity index (χ0) is 18.4. The van der Waals surface area contributed by atoms with E-state index >= 15 is 0 Å². The zero-order valence-corrected chi connectivity index (χ0v) is 16.4. The first kappa shape index (κ1) is 18.2. The van der Waals surface area contributed by atoms with Crippen molar-refractivity contribution in [3.8, 4) is 0 Å². The average Bonchev–Trinajstić information content (AvgIpc) is 2.84. The number of rotatable bonds is 0. The molecule has 0 aromatic heterocycles. The fourth-order valence-electron chi connectivity index (χ4n) is 8.37. The van der Waals surface area contributed by atoms with Crippen LogP contribution in [-0.4, -0.2) is 34.5 Å². The fourth-order valence-corrected chi connectivity index (χ4v) is 8.37. The Hall–Kier alpha value is -0.160. The maximum atomic E-state index is 10.6. The van der Waals surface area contributed by atoms with E-state index in [2.05, 4.69) is 27.7 Å². The van der Waals surface area contributed by atoms with Gasteiger partial charge in [0, 0.05) is 12.1 Å². The second-order valence-corrected chi connectivity index (χ2v) is 11.3. The molecule has 0 aromatic carbocycles. The minimum atomic E-state index is -0.390. The lowest BCUT2D eigenvalue weighted by Gasteiger charge is -2.49. The van der Waals surface area contributed by atoms with Crippen LogP contribution < -0.4 is 11.5 Å². The normalized spacial score (nSPS) is 56.6. The Morgan fingerprint density at radius 3 is 2.00 bits per heavy atom. The summed E-state index contributed by atoms with van der Waals surface area (Å²) in [7, 11) is 0. The van der Waals surface area contributed by atoms with E-state index in [0.29, 0.717) is 23.7 Å². The molecule has 9 atom stereocenters. The second-order valence-electron chi connectivity index (χ2n) is 11.3. The van der Waals surface area contributed by atoms with E-state index in [4.69, 9.17) is 11.5 Å². The summed E-state index contributed by atoms with van der Waals surface area (Å²) in [5, 5.41) is 21.1. The van der Waals surface area contributed by atoms with E-state index < -0.39 is 0 Å². The largest absolute Gasteiger partial charge is 0.392 e. The number of fused-ring (bicyclic) bond motifs is 4. The highest BCUT2D eigenvalue weighted by molar-refractivity contribution is 5.19. The number of hydrogen-bond donors (Lipinski definition) is 4. The minimum absolute atomic E-state index is 0.0912.